The van der Waals surface area contributed by atoms with Gasteiger partial charge in [-0.25, -0.2) is 19.9 Å². The Bertz CT molecular complexity index is 523. The fourth-order valence-corrected chi connectivity index (χ4v) is 1.22. The Morgan fingerprint density at radius 1 is 1.12 bits per heavy atom. The summed E-state index contributed by atoms with van der Waals surface area (Å²) in [7, 11) is 0. The van der Waals surface area contributed by atoms with Crippen LogP contribution in [0.15, 0.2) is 24.8 Å². The third-order valence-electron chi connectivity index (χ3n) is 1.92. The molecule has 2 aromatic heterocycles. The maximum absolute atomic E-state index is 11.3. The zero-order valence-corrected chi connectivity index (χ0v) is 8.58. The lowest BCUT2D eigenvalue weighted by Gasteiger charge is -2.02. The summed E-state index contributed by atoms with van der Waals surface area (Å²) in [5.74, 6) is 0.163. The molecule has 0 radical (unpaired) electrons. The van der Waals surface area contributed by atoms with E-state index >= 15 is 0 Å². The van der Waals surface area contributed by atoms with Crippen LogP contribution in [0.3, 0.4) is 0 Å². The Morgan fingerprint density at radius 2 is 1.75 bits per heavy atom. The summed E-state index contributed by atoms with van der Waals surface area (Å²) in [6.07, 6.45) is 5.86. The van der Waals surface area contributed by atoms with Gasteiger partial charge < -0.3 is 5.73 Å². The molecule has 0 atom stereocenters. The van der Waals surface area contributed by atoms with Gasteiger partial charge in [0, 0.05) is 19.3 Å². The monoisotopic (exact) mass is 215 g/mol. The highest BCUT2D eigenvalue weighted by molar-refractivity contribution is 5.97. The normalized spacial score (nSPS) is 10.1. The SMILES string of the molecule is CC(=O)c1nccnc1-c1ncc(N)cn1. The largest absolute Gasteiger partial charge is 0.396 e. The van der Waals surface area contributed by atoms with E-state index in [0.29, 0.717) is 17.2 Å². The first kappa shape index (κ1) is 10.2. The number of Topliss-reactive ketones (excluding diaryl/α,β-unsaturated/α-hetero) is 1. The van der Waals surface area contributed by atoms with E-state index in [4.69, 9.17) is 5.73 Å². The van der Waals surface area contributed by atoms with Crippen molar-refractivity contribution in [1.82, 2.24) is 19.9 Å². The van der Waals surface area contributed by atoms with Crippen LogP contribution in [-0.4, -0.2) is 25.7 Å². The zero-order chi connectivity index (χ0) is 11.5. The van der Waals surface area contributed by atoms with Crippen molar-refractivity contribution < 1.29 is 4.79 Å². The molecule has 80 valence electrons. The van der Waals surface area contributed by atoms with Crippen LogP contribution in [0.5, 0.6) is 0 Å². The topological polar surface area (TPSA) is 94.7 Å². The number of ketones is 1. The molecule has 0 saturated heterocycles. The van der Waals surface area contributed by atoms with E-state index in [1.807, 2.05) is 0 Å². The fourth-order valence-electron chi connectivity index (χ4n) is 1.22. The Balaban J connectivity index is 2.55. The van der Waals surface area contributed by atoms with E-state index in [-0.39, 0.29) is 11.5 Å². The molecule has 0 aliphatic heterocycles. The number of nitrogens with two attached hydrogens (primary N) is 1. The number of rotatable bonds is 2. The Kier molecular flexibility index (Phi) is 2.55. The van der Waals surface area contributed by atoms with Crippen molar-refractivity contribution in [3.8, 4) is 11.5 Å². The van der Waals surface area contributed by atoms with Crippen LogP contribution in [0.2, 0.25) is 0 Å². The van der Waals surface area contributed by atoms with Gasteiger partial charge in [0.25, 0.3) is 0 Å². The molecule has 2 N–H and O–H groups in total. The molecule has 0 bridgehead atoms. The summed E-state index contributed by atoms with van der Waals surface area (Å²) in [6, 6.07) is 0. The van der Waals surface area contributed by atoms with Crippen LogP contribution in [0.25, 0.3) is 11.5 Å². The van der Waals surface area contributed by atoms with Gasteiger partial charge in [0.1, 0.15) is 11.4 Å². The van der Waals surface area contributed by atoms with Gasteiger partial charge in [0.05, 0.1) is 18.1 Å². The number of nitrogens with zero attached hydrogens (tertiary/aromatic N) is 4. The maximum atomic E-state index is 11.3. The molecule has 16 heavy (non-hydrogen) atoms. The van der Waals surface area contributed by atoms with E-state index in [2.05, 4.69) is 19.9 Å². The summed E-state index contributed by atoms with van der Waals surface area (Å²) in [5.41, 5.74) is 6.56. The molecule has 0 aliphatic rings. The van der Waals surface area contributed by atoms with Crippen molar-refractivity contribution in [2.24, 2.45) is 0 Å². The molecule has 2 heterocycles. The highest BCUT2D eigenvalue weighted by atomic mass is 16.1. The van der Waals surface area contributed by atoms with Gasteiger partial charge in [-0.15, -0.1) is 0 Å². The number of hydrogen-bond acceptors (Lipinski definition) is 6. The lowest BCUT2D eigenvalue weighted by atomic mass is 10.2. The van der Waals surface area contributed by atoms with Crippen LogP contribution < -0.4 is 5.73 Å². The van der Waals surface area contributed by atoms with Crippen molar-refractivity contribution >= 4 is 11.5 Å². The summed E-state index contributed by atoms with van der Waals surface area (Å²) >= 11 is 0. The van der Waals surface area contributed by atoms with Gasteiger partial charge in [-0.1, -0.05) is 0 Å². The van der Waals surface area contributed by atoms with Gasteiger partial charge in [-0.2, -0.15) is 0 Å². The minimum atomic E-state index is -0.177. The fraction of sp³-hybridized carbons (Fsp3) is 0.100. The van der Waals surface area contributed by atoms with Crippen LogP contribution in [0.4, 0.5) is 5.69 Å². The minimum Gasteiger partial charge on any atom is -0.396 e. The Morgan fingerprint density at radius 3 is 2.38 bits per heavy atom. The van der Waals surface area contributed by atoms with E-state index in [1.165, 1.54) is 31.7 Å². The molecule has 0 amide bonds. The first-order valence-electron chi connectivity index (χ1n) is 4.58. The minimum absolute atomic E-state index is 0.177. The molecule has 0 aromatic carbocycles. The van der Waals surface area contributed by atoms with Crippen molar-refractivity contribution in [3.05, 3.63) is 30.5 Å². The quantitative estimate of drug-likeness (QED) is 0.741. The van der Waals surface area contributed by atoms with Crippen molar-refractivity contribution in [2.45, 2.75) is 6.92 Å². The van der Waals surface area contributed by atoms with Crippen molar-refractivity contribution in [1.29, 1.82) is 0 Å². The third-order valence-corrected chi connectivity index (χ3v) is 1.92. The van der Waals surface area contributed by atoms with Gasteiger partial charge in [-0.3, -0.25) is 4.79 Å². The summed E-state index contributed by atoms with van der Waals surface area (Å²) in [5, 5.41) is 0. The van der Waals surface area contributed by atoms with Crippen LogP contribution in [0.1, 0.15) is 17.4 Å². The number of aromatic nitrogens is 4. The molecular weight excluding hydrogens is 206 g/mol. The van der Waals surface area contributed by atoms with Crippen molar-refractivity contribution in [2.75, 3.05) is 5.73 Å². The molecule has 2 rings (SSSR count). The second-order valence-electron chi connectivity index (χ2n) is 3.15. The van der Waals surface area contributed by atoms with Crippen LogP contribution >= 0.6 is 0 Å². The van der Waals surface area contributed by atoms with Crippen molar-refractivity contribution in [3.63, 3.8) is 0 Å². The predicted molar refractivity (Wildman–Crippen MR) is 57.5 cm³/mol. The Hall–Kier alpha value is -2.37. The number of carbonyl (C=O) groups is 1. The summed E-state index contributed by atoms with van der Waals surface area (Å²) in [6.45, 7) is 1.42. The second kappa shape index (κ2) is 4.01. The number of hydrogen-bond donors (Lipinski definition) is 1. The standard InChI is InChI=1S/C10H9N5O/c1-6(16)8-9(13-3-2-12-8)10-14-4-7(11)5-15-10/h2-5H,11H2,1H3. The zero-order valence-electron chi connectivity index (χ0n) is 8.58. The lowest BCUT2D eigenvalue weighted by molar-refractivity contribution is 0.101. The number of nitrogen functional groups attached to an aromatic ring is 1. The molecule has 6 nitrogen and oxygen atoms in total. The van der Waals surface area contributed by atoms with Gasteiger partial charge in [0.2, 0.25) is 0 Å². The second-order valence-corrected chi connectivity index (χ2v) is 3.15. The summed E-state index contributed by atoms with van der Waals surface area (Å²) in [4.78, 5) is 27.3. The van der Waals surface area contributed by atoms with Gasteiger partial charge in [-0.05, 0) is 0 Å². The van der Waals surface area contributed by atoms with E-state index in [0.717, 1.165) is 0 Å². The maximum Gasteiger partial charge on any atom is 0.180 e. The lowest BCUT2D eigenvalue weighted by Crippen LogP contribution is -2.04. The Labute approximate surface area is 91.6 Å². The summed E-state index contributed by atoms with van der Waals surface area (Å²) < 4.78 is 0. The van der Waals surface area contributed by atoms with Gasteiger partial charge >= 0.3 is 0 Å². The number of anilines is 1. The predicted octanol–water partition coefficient (Wildman–Crippen LogP) is 0.718. The molecule has 6 heteroatoms. The van der Waals surface area contributed by atoms with Crippen LogP contribution in [0, 0.1) is 0 Å². The van der Waals surface area contributed by atoms with Gasteiger partial charge in [0.15, 0.2) is 11.6 Å². The highest BCUT2D eigenvalue weighted by Crippen LogP contribution is 2.15. The molecule has 2 aromatic rings. The highest BCUT2D eigenvalue weighted by Gasteiger charge is 2.13. The molecule has 0 aliphatic carbocycles. The van der Waals surface area contributed by atoms with Crippen LogP contribution in [-0.2, 0) is 0 Å². The molecule has 0 saturated carbocycles. The average Bonchev–Trinajstić information content (AvgIpc) is 2.30. The molecule has 0 fully saturated rings. The molecular formula is C10H9N5O. The van der Waals surface area contributed by atoms with E-state index < -0.39 is 0 Å². The average molecular weight is 215 g/mol. The molecule has 0 unspecified atom stereocenters. The van der Waals surface area contributed by atoms with E-state index in [1.54, 1.807) is 0 Å². The first-order valence-corrected chi connectivity index (χ1v) is 4.58. The molecule has 0 spiro atoms. The first-order chi connectivity index (χ1) is 7.68. The third kappa shape index (κ3) is 1.85. The number of carbonyl (C=O) groups excluding carboxylic acids is 1. The smallest absolute Gasteiger partial charge is 0.180 e. The van der Waals surface area contributed by atoms with E-state index in [9.17, 15) is 4.79 Å².